The van der Waals surface area contributed by atoms with E-state index >= 15 is 0 Å². The van der Waals surface area contributed by atoms with Gasteiger partial charge < -0.3 is 5.73 Å². The second-order valence-corrected chi connectivity index (χ2v) is 2.66. The maximum absolute atomic E-state index is 10.9. The molecule has 1 aliphatic heterocycles. The second kappa shape index (κ2) is 2.80. The zero-order chi connectivity index (χ0) is 9.30. The summed E-state index contributed by atoms with van der Waals surface area (Å²) in [6.45, 7) is 3.64. The highest BCUT2D eigenvalue weighted by Gasteiger charge is 2.30. The standard InChI is InChI=1S/C6H9N4O2/c1-3(2)4-8-6(12)10(9-4)5(7)11/h3H,1-2H3,(H2,7,11). The van der Waals surface area contributed by atoms with Gasteiger partial charge in [-0.3, -0.25) is 0 Å². The number of carbonyl (C=O) groups excluding carboxylic acids is 2. The van der Waals surface area contributed by atoms with E-state index in [1.54, 1.807) is 0 Å². The van der Waals surface area contributed by atoms with Crippen LogP contribution in [0.3, 0.4) is 0 Å². The number of amides is 4. The molecule has 0 aromatic rings. The number of imide groups is 1. The van der Waals surface area contributed by atoms with Crippen molar-refractivity contribution in [1.82, 2.24) is 10.3 Å². The lowest BCUT2D eigenvalue weighted by Gasteiger charge is -2.00. The first-order valence-corrected chi connectivity index (χ1v) is 3.46. The van der Waals surface area contributed by atoms with Gasteiger partial charge in [0, 0.05) is 5.92 Å². The van der Waals surface area contributed by atoms with Crippen molar-refractivity contribution in [3.05, 3.63) is 0 Å². The van der Waals surface area contributed by atoms with Crippen molar-refractivity contribution >= 4 is 17.9 Å². The molecule has 0 atom stereocenters. The zero-order valence-electron chi connectivity index (χ0n) is 6.81. The lowest BCUT2D eigenvalue weighted by molar-refractivity contribution is 0.200. The van der Waals surface area contributed by atoms with Gasteiger partial charge in [-0.05, 0) is 0 Å². The van der Waals surface area contributed by atoms with Crippen molar-refractivity contribution in [1.29, 1.82) is 0 Å². The topological polar surface area (TPSA) is 89.9 Å². The van der Waals surface area contributed by atoms with Crippen LogP contribution in [0.25, 0.3) is 0 Å². The van der Waals surface area contributed by atoms with Crippen LogP contribution in [0, 0.1) is 5.92 Å². The fourth-order valence-corrected chi connectivity index (χ4v) is 0.701. The molecule has 0 bridgehead atoms. The summed E-state index contributed by atoms with van der Waals surface area (Å²) in [5, 5.41) is 7.71. The van der Waals surface area contributed by atoms with Gasteiger partial charge in [0.05, 0.1) is 0 Å². The molecule has 0 saturated carbocycles. The first-order chi connectivity index (χ1) is 5.52. The lowest BCUT2D eigenvalue weighted by Crippen LogP contribution is -2.35. The fraction of sp³-hybridized carbons (Fsp3) is 0.500. The average molecular weight is 169 g/mol. The van der Waals surface area contributed by atoms with Gasteiger partial charge in [0.15, 0.2) is 5.84 Å². The minimum absolute atomic E-state index is 0.0123. The van der Waals surface area contributed by atoms with Gasteiger partial charge in [0.1, 0.15) is 0 Å². The first kappa shape index (κ1) is 8.51. The molecule has 1 rings (SSSR count). The van der Waals surface area contributed by atoms with E-state index < -0.39 is 12.1 Å². The quantitative estimate of drug-likeness (QED) is 0.602. The van der Waals surface area contributed by atoms with Crippen molar-refractivity contribution in [2.24, 2.45) is 16.8 Å². The Hall–Kier alpha value is -1.59. The molecule has 12 heavy (non-hydrogen) atoms. The number of carbonyl (C=O) groups is 2. The largest absolute Gasteiger partial charge is 0.374 e. The van der Waals surface area contributed by atoms with E-state index in [2.05, 4.69) is 10.4 Å². The number of urea groups is 2. The Morgan fingerprint density at radius 2 is 2.17 bits per heavy atom. The van der Waals surface area contributed by atoms with Gasteiger partial charge in [0.2, 0.25) is 0 Å². The van der Waals surface area contributed by atoms with E-state index in [4.69, 9.17) is 5.73 Å². The molecule has 0 fully saturated rings. The van der Waals surface area contributed by atoms with Crippen LogP contribution < -0.4 is 11.1 Å². The molecule has 0 aromatic heterocycles. The Bertz CT molecular complexity index is 258. The fourth-order valence-electron chi connectivity index (χ4n) is 0.701. The molecule has 0 aliphatic carbocycles. The summed E-state index contributed by atoms with van der Waals surface area (Å²) in [5.41, 5.74) is 4.85. The highest BCUT2D eigenvalue weighted by atomic mass is 16.2. The summed E-state index contributed by atoms with van der Waals surface area (Å²) < 4.78 is 0. The predicted molar refractivity (Wildman–Crippen MR) is 41.2 cm³/mol. The van der Waals surface area contributed by atoms with Crippen molar-refractivity contribution in [3.8, 4) is 0 Å². The van der Waals surface area contributed by atoms with E-state index in [0.29, 0.717) is 10.8 Å². The number of hydrazone groups is 1. The summed E-state index contributed by atoms with van der Waals surface area (Å²) in [6, 6.07) is -1.62. The third-order valence-corrected chi connectivity index (χ3v) is 1.32. The van der Waals surface area contributed by atoms with Gasteiger partial charge in [-0.1, -0.05) is 13.8 Å². The summed E-state index contributed by atoms with van der Waals surface area (Å²) in [5.74, 6) is 0.345. The number of rotatable bonds is 1. The second-order valence-electron chi connectivity index (χ2n) is 2.66. The number of nitrogens with two attached hydrogens (primary N) is 1. The van der Waals surface area contributed by atoms with Gasteiger partial charge in [-0.25, -0.2) is 9.59 Å². The van der Waals surface area contributed by atoms with Crippen LogP contribution in [0.4, 0.5) is 9.59 Å². The van der Waals surface area contributed by atoms with Crippen LogP contribution in [0.1, 0.15) is 13.8 Å². The highest BCUT2D eigenvalue weighted by molar-refractivity contribution is 6.07. The minimum atomic E-state index is -0.903. The number of nitrogens with zero attached hydrogens (tertiary/aromatic N) is 3. The van der Waals surface area contributed by atoms with Crippen LogP contribution in [0.5, 0.6) is 0 Å². The Morgan fingerprint density at radius 1 is 1.58 bits per heavy atom. The Labute approximate surface area is 69.4 Å². The first-order valence-electron chi connectivity index (χ1n) is 3.46. The maximum atomic E-state index is 10.9. The molecule has 0 unspecified atom stereocenters. The molecule has 1 aliphatic rings. The molecule has 1 heterocycles. The zero-order valence-corrected chi connectivity index (χ0v) is 6.81. The van der Waals surface area contributed by atoms with Gasteiger partial charge in [-0.15, -0.1) is 10.1 Å². The van der Waals surface area contributed by atoms with E-state index in [9.17, 15) is 9.59 Å². The van der Waals surface area contributed by atoms with Crippen LogP contribution in [0.15, 0.2) is 5.10 Å². The molecule has 6 heteroatoms. The molecular formula is C6H9N4O2. The van der Waals surface area contributed by atoms with Gasteiger partial charge in [0.25, 0.3) is 0 Å². The molecule has 0 spiro atoms. The summed E-state index contributed by atoms with van der Waals surface area (Å²) >= 11 is 0. The maximum Gasteiger partial charge on any atom is 0.374 e. The SMILES string of the molecule is CC(C)C1=NN(C(N)=O)C(=O)[N]1. The smallest absolute Gasteiger partial charge is 0.350 e. The van der Waals surface area contributed by atoms with E-state index in [1.165, 1.54) is 0 Å². The van der Waals surface area contributed by atoms with Crippen LogP contribution in [-0.2, 0) is 0 Å². The number of primary amides is 1. The number of hydrogen-bond acceptors (Lipinski definition) is 3. The van der Waals surface area contributed by atoms with Crippen molar-refractivity contribution in [3.63, 3.8) is 0 Å². The number of amidine groups is 1. The van der Waals surface area contributed by atoms with Crippen LogP contribution in [0.2, 0.25) is 0 Å². The lowest BCUT2D eigenvalue weighted by atomic mass is 10.2. The van der Waals surface area contributed by atoms with Crippen LogP contribution >= 0.6 is 0 Å². The Morgan fingerprint density at radius 3 is 2.42 bits per heavy atom. The van der Waals surface area contributed by atoms with Crippen LogP contribution in [-0.4, -0.2) is 22.9 Å². The summed E-state index contributed by atoms with van der Waals surface area (Å²) in [6.07, 6.45) is 0. The highest BCUT2D eigenvalue weighted by Crippen LogP contribution is 2.07. The normalized spacial score (nSPS) is 16.4. The monoisotopic (exact) mass is 169 g/mol. The molecule has 0 saturated heterocycles. The molecule has 0 aromatic carbocycles. The molecular weight excluding hydrogens is 160 g/mol. The van der Waals surface area contributed by atoms with E-state index in [-0.39, 0.29) is 5.92 Å². The van der Waals surface area contributed by atoms with E-state index in [1.807, 2.05) is 13.8 Å². The Kier molecular flexibility index (Phi) is 1.99. The van der Waals surface area contributed by atoms with E-state index in [0.717, 1.165) is 0 Å². The summed E-state index contributed by atoms with van der Waals surface area (Å²) in [7, 11) is 0. The molecule has 65 valence electrons. The Balaban J connectivity index is 2.80. The average Bonchev–Trinajstić information content (AvgIpc) is 2.30. The predicted octanol–water partition coefficient (Wildman–Crippen LogP) is 0.0746. The van der Waals surface area contributed by atoms with Gasteiger partial charge >= 0.3 is 12.1 Å². The molecule has 2 N–H and O–H groups in total. The third kappa shape index (κ3) is 1.36. The molecule has 4 amide bonds. The van der Waals surface area contributed by atoms with Crippen molar-refractivity contribution < 1.29 is 9.59 Å². The minimum Gasteiger partial charge on any atom is -0.350 e. The molecule has 6 nitrogen and oxygen atoms in total. The van der Waals surface area contributed by atoms with Crippen molar-refractivity contribution in [2.45, 2.75) is 13.8 Å². The third-order valence-electron chi connectivity index (χ3n) is 1.32. The van der Waals surface area contributed by atoms with Crippen molar-refractivity contribution in [2.75, 3.05) is 0 Å². The number of hydrogen-bond donors (Lipinski definition) is 1. The molecule has 1 radical (unpaired) electrons. The summed E-state index contributed by atoms with van der Waals surface area (Å²) in [4.78, 5) is 21.4. The van der Waals surface area contributed by atoms with Gasteiger partial charge in [-0.2, -0.15) is 5.32 Å².